The first-order chi connectivity index (χ1) is 13.0. The lowest BCUT2D eigenvalue weighted by Gasteiger charge is -2.08. The Hall–Kier alpha value is -3.93. The summed E-state index contributed by atoms with van der Waals surface area (Å²) in [5.74, 6) is -5.44. The average Bonchev–Trinajstić information content (AvgIpc) is 2.68. The van der Waals surface area contributed by atoms with Crippen molar-refractivity contribution in [2.75, 3.05) is 10.6 Å². The number of carbonyl (C=O) groups excluding carboxylic acids is 1. The molecular formula is C18H10F3N5O. The smallest absolute Gasteiger partial charge is 0.259 e. The molecule has 0 saturated carbocycles. The maximum Gasteiger partial charge on any atom is 0.259 e. The predicted molar refractivity (Wildman–Crippen MR) is 90.7 cm³/mol. The fourth-order valence-corrected chi connectivity index (χ4v) is 2.18. The van der Waals surface area contributed by atoms with E-state index in [0.717, 1.165) is 6.07 Å². The highest BCUT2D eigenvalue weighted by Crippen LogP contribution is 2.20. The van der Waals surface area contributed by atoms with Gasteiger partial charge in [0.25, 0.3) is 5.91 Å². The Balaban J connectivity index is 1.74. The second kappa shape index (κ2) is 7.53. The van der Waals surface area contributed by atoms with Crippen molar-refractivity contribution in [1.29, 1.82) is 5.26 Å². The van der Waals surface area contributed by atoms with Crippen molar-refractivity contribution in [3.05, 3.63) is 77.1 Å². The monoisotopic (exact) mass is 369 g/mol. The van der Waals surface area contributed by atoms with Gasteiger partial charge in [-0.3, -0.25) is 4.79 Å². The lowest BCUT2D eigenvalue weighted by atomic mass is 10.2. The summed E-state index contributed by atoms with van der Waals surface area (Å²) in [6, 6.07) is 13.1. The van der Waals surface area contributed by atoms with E-state index in [1.54, 1.807) is 24.3 Å². The van der Waals surface area contributed by atoms with Crippen molar-refractivity contribution >= 4 is 23.2 Å². The Morgan fingerprint density at radius 3 is 2.33 bits per heavy atom. The van der Waals surface area contributed by atoms with Gasteiger partial charge in [-0.05, 0) is 36.4 Å². The molecule has 0 fully saturated rings. The lowest BCUT2D eigenvalue weighted by Crippen LogP contribution is -2.16. The SMILES string of the molecule is N#Cc1ccccc1Nc1ccc(NC(=O)c2ccc(F)c(F)c2F)nn1. The van der Waals surface area contributed by atoms with Gasteiger partial charge in [-0.1, -0.05) is 12.1 Å². The van der Waals surface area contributed by atoms with Crippen LogP contribution in [0, 0.1) is 28.8 Å². The lowest BCUT2D eigenvalue weighted by molar-refractivity contribution is 0.102. The third kappa shape index (κ3) is 3.85. The molecule has 0 aliphatic carbocycles. The Morgan fingerprint density at radius 1 is 0.926 bits per heavy atom. The molecule has 0 aliphatic heterocycles. The summed E-state index contributed by atoms with van der Waals surface area (Å²) >= 11 is 0. The molecule has 2 aromatic carbocycles. The fraction of sp³-hybridized carbons (Fsp3) is 0. The number of hydrogen-bond acceptors (Lipinski definition) is 5. The zero-order valence-corrected chi connectivity index (χ0v) is 13.5. The van der Waals surface area contributed by atoms with Crippen LogP contribution in [0.3, 0.4) is 0 Å². The maximum absolute atomic E-state index is 13.6. The van der Waals surface area contributed by atoms with Crippen LogP contribution in [0.4, 0.5) is 30.5 Å². The topological polar surface area (TPSA) is 90.7 Å². The second-order valence-electron chi connectivity index (χ2n) is 5.26. The van der Waals surface area contributed by atoms with Gasteiger partial charge >= 0.3 is 0 Å². The van der Waals surface area contributed by atoms with E-state index in [9.17, 15) is 18.0 Å². The zero-order valence-electron chi connectivity index (χ0n) is 13.5. The molecule has 0 unspecified atom stereocenters. The highest BCUT2D eigenvalue weighted by atomic mass is 19.2. The van der Waals surface area contributed by atoms with Gasteiger partial charge in [0.15, 0.2) is 29.1 Å². The predicted octanol–water partition coefficient (Wildman–Crippen LogP) is 3.76. The highest BCUT2D eigenvalue weighted by Gasteiger charge is 2.19. The molecule has 1 heterocycles. The van der Waals surface area contributed by atoms with E-state index >= 15 is 0 Å². The minimum absolute atomic E-state index is 0.0248. The van der Waals surface area contributed by atoms with Gasteiger partial charge < -0.3 is 10.6 Å². The molecule has 0 saturated heterocycles. The first kappa shape index (κ1) is 17.9. The summed E-state index contributed by atoms with van der Waals surface area (Å²) in [6.45, 7) is 0. The van der Waals surface area contributed by atoms with Crippen molar-refractivity contribution in [3.63, 3.8) is 0 Å². The number of halogens is 3. The summed E-state index contributed by atoms with van der Waals surface area (Å²) in [5.41, 5.74) is 0.265. The number of carbonyl (C=O) groups is 1. The number of rotatable bonds is 4. The van der Waals surface area contributed by atoms with Gasteiger partial charge in [0.1, 0.15) is 6.07 Å². The van der Waals surface area contributed by atoms with Crippen LogP contribution < -0.4 is 10.6 Å². The second-order valence-corrected chi connectivity index (χ2v) is 5.26. The van der Waals surface area contributed by atoms with E-state index < -0.39 is 28.9 Å². The minimum Gasteiger partial charge on any atom is -0.338 e. The minimum atomic E-state index is -1.73. The van der Waals surface area contributed by atoms with Crippen LogP contribution in [-0.4, -0.2) is 16.1 Å². The number of aromatic nitrogens is 2. The number of benzene rings is 2. The molecule has 0 radical (unpaired) electrons. The average molecular weight is 369 g/mol. The first-order valence-corrected chi connectivity index (χ1v) is 7.54. The summed E-state index contributed by atoms with van der Waals surface area (Å²) in [5, 5.41) is 21.8. The van der Waals surface area contributed by atoms with Crippen molar-refractivity contribution in [1.82, 2.24) is 10.2 Å². The van der Waals surface area contributed by atoms with Crippen LogP contribution in [0.5, 0.6) is 0 Å². The third-order valence-electron chi connectivity index (χ3n) is 3.50. The van der Waals surface area contributed by atoms with Crippen LogP contribution in [0.1, 0.15) is 15.9 Å². The summed E-state index contributed by atoms with van der Waals surface area (Å²) in [4.78, 5) is 12.0. The number of anilines is 3. The van der Waals surface area contributed by atoms with E-state index in [2.05, 4.69) is 20.8 Å². The van der Waals surface area contributed by atoms with Crippen LogP contribution in [0.2, 0.25) is 0 Å². The van der Waals surface area contributed by atoms with Crippen LogP contribution in [0.25, 0.3) is 0 Å². The molecule has 134 valence electrons. The molecule has 3 aromatic rings. The van der Waals surface area contributed by atoms with Crippen molar-refractivity contribution in [3.8, 4) is 6.07 Å². The normalized spacial score (nSPS) is 10.1. The van der Waals surface area contributed by atoms with E-state index in [0.29, 0.717) is 23.1 Å². The molecule has 1 aromatic heterocycles. The van der Waals surface area contributed by atoms with E-state index in [1.807, 2.05) is 6.07 Å². The van der Waals surface area contributed by atoms with Crippen molar-refractivity contribution < 1.29 is 18.0 Å². The molecule has 2 N–H and O–H groups in total. The largest absolute Gasteiger partial charge is 0.338 e. The molecule has 6 nitrogen and oxygen atoms in total. The van der Waals surface area contributed by atoms with E-state index in [1.165, 1.54) is 12.1 Å². The molecule has 27 heavy (non-hydrogen) atoms. The number of nitrogens with one attached hydrogen (secondary N) is 2. The number of hydrogen-bond donors (Lipinski definition) is 2. The molecule has 0 bridgehead atoms. The molecule has 9 heteroatoms. The molecule has 1 amide bonds. The number of nitriles is 1. The van der Waals surface area contributed by atoms with Crippen LogP contribution >= 0.6 is 0 Å². The van der Waals surface area contributed by atoms with Gasteiger partial charge in [-0.25, -0.2) is 13.2 Å². The van der Waals surface area contributed by atoms with Gasteiger partial charge in [-0.2, -0.15) is 5.26 Å². The Morgan fingerprint density at radius 2 is 1.63 bits per heavy atom. The number of amides is 1. The van der Waals surface area contributed by atoms with Crippen LogP contribution in [0.15, 0.2) is 48.5 Å². The molecule has 0 atom stereocenters. The quantitative estimate of drug-likeness (QED) is 0.684. The highest BCUT2D eigenvalue weighted by molar-refractivity contribution is 6.03. The molecule has 3 rings (SSSR count). The van der Waals surface area contributed by atoms with Gasteiger partial charge in [0.05, 0.1) is 16.8 Å². The van der Waals surface area contributed by atoms with Gasteiger partial charge in [-0.15, -0.1) is 10.2 Å². The Kier molecular flexibility index (Phi) is 4.99. The Bertz CT molecular complexity index is 1050. The Labute approximate surface area is 151 Å². The van der Waals surface area contributed by atoms with Crippen molar-refractivity contribution in [2.45, 2.75) is 0 Å². The molecular weight excluding hydrogens is 359 g/mol. The maximum atomic E-state index is 13.6. The fourth-order valence-electron chi connectivity index (χ4n) is 2.18. The van der Waals surface area contributed by atoms with Crippen molar-refractivity contribution in [2.24, 2.45) is 0 Å². The first-order valence-electron chi connectivity index (χ1n) is 7.54. The van der Waals surface area contributed by atoms with Gasteiger partial charge in [0, 0.05) is 0 Å². The van der Waals surface area contributed by atoms with Gasteiger partial charge in [0.2, 0.25) is 0 Å². The summed E-state index contributed by atoms with van der Waals surface area (Å²) < 4.78 is 39.8. The standard InChI is InChI=1S/C18H10F3N5O/c19-12-6-5-11(16(20)17(12)21)18(27)24-15-8-7-14(25-26-15)23-13-4-2-1-3-10(13)9-22/h1-8H,(H,23,25)(H,24,26,27). The zero-order chi connectivity index (χ0) is 19.4. The van der Waals surface area contributed by atoms with E-state index in [-0.39, 0.29) is 5.82 Å². The molecule has 0 aliphatic rings. The van der Waals surface area contributed by atoms with E-state index in [4.69, 9.17) is 5.26 Å². The molecule has 0 spiro atoms. The summed E-state index contributed by atoms with van der Waals surface area (Å²) in [7, 11) is 0. The summed E-state index contributed by atoms with van der Waals surface area (Å²) in [6.07, 6.45) is 0. The number of nitrogens with zero attached hydrogens (tertiary/aromatic N) is 3. The van der Waals surface area contributed by atoms with Crippen LogP contribution in [-0.2, 0) is 0 Å². The number of para-hydroxylation sites is 1. The third-order valence-corrected chi connectivity index (χ3v) is 3.50.